The third-order valence-corrected chi connectivity index (χ3v) is 4.44. The summed E-state index contributed by atoms with van der Waals surface area (Å²) in [4.78, 5) is 12.2. The summed E-state index contributed by atoms with van der Waals surface area (Å²) in [6.07, 6.45) is 8.40. The van der Waals surface area contributed by atoms with Gasteiger partial charge in [0.15, 0.2) is 5.69 Å². The van der Waals surface area contributed by atoms with Crippen LogP contribution in [-0.4, -0.2) is 43.3 Å². The largest absolute Gasteiger partial charge is 0.346 e. The zero-order valence-electron chi connectivity index (χ0n) is 14.3. The minimum absolute atomic E-state index is 0.208. The third kappa shape index (κ3) is 4.19. The molecule has 2 aromatic rings. The van der Waals surface area contributed by atoms with E-state index in [-0.39, 0.29) is 5.91 Å². The van der Waals surface area contributed by atoms with Crippen molar-refractivity contribution >= 4 is 5.91 Å². The van der Waals surface area contributed by atoms with Crippen molar-refractivity contribution in [2.24, 2.45) is 7.05 Å². The van der Waals surface area contributed by atoms with E-state index in [1.165, 1.54) is 19.3 Å². The monoisotopic (exact) mass is 331 g/mol. The summed E-state index contributed by atoms with van der Waals surface area (Å²) in [6, 6.07) is 0.550. The normalized spacial score (nSPS) is 17.8. The maximum absolute atomic E-state index is 12.2. The van der Waals surface area contributed by atoms with Crippen LogP contribution in [0.25, 0.3) is 0 Å². The van der Waals surface area contributed by atoms with Crippen LogP contribution in [0.2, 0.25) is 0 Å². The summed E-state index contributed by atoms with van der Waals surface area (Å²) in [7, 11) is 1.87. The van der Waals surface area contributed by atoms with Gasteiger partial charge in [-0.1, -0.05) is 11.6 Å². The Morgan fingerprint density at radius 3 is 3.00 bits per heavy atom. The van der Waals surface area contributed by atoms with Crippen LogP contribution in [0.15, 0.2) is 12.4 Å². The fourth-order valence-corrected chi connectivity index (χ4v) is 3.06. The highest BCUT2D eigenvalue weighted by Gasteiger charge is 2.15. The molecule has 1 saturated heterocycles. The molecule has 1 fully saturated rings. The van der Waals surface area contributed by atoms with Gasteiger partial charge in [0.05, 0.1) is 11.9 Å². The molecular formula is C16H25N7O. The highest BCUT2D eigenvalue weighted by Crippen LogP contribution is 2.11. The Hall–Kier alpha value is -2.22. The van der Waals surface area contributed by atoms with Gasteiger partial charge >= 0.3 is 0 Å². The molecule has 0 saturated carbocycles. The second kappa shape index (κ2) is 7.57. The molecule has 1 aliphatic rings. The van der Waals surface area contributed by atoms with Crippen LogP contribution in [-0.2, 0) is 20.1 Å². The lowest BCUT2D eigenvalue weighted by Crippen LogP contribution is -2.34. The average molecular weight is 331 g/mol. The van der Waals surface area contributed by atoms with Crippen molar-refractivity contribution in [2.75, 3.05) is 6.54 Å². The lowest BCUT2D eigenvalue weighted by atomic mass is 10.0. The number of carbonyl (C=O) groups excluding carboxylic acids is 1. The second-order valence-corrected chi connectivity index (χ2v) is 6.40. The first-order valence-corrected chi connectivity index (χ1v) is 8.52. The summed E-state index contributed by atoms with van der Waals surface area (Å²) in [6.45, 7) is 4.25. The molecular weight excluding hydrogens is 306 g/mol. The van der Waals surface area contributed by atoms with E-state index in [9.17, 15) is 4.79 Å². The van der Waals surface area contributed by atoms with Gasteiger partial charge in [-0.2, -0.15) is 5.10 Å². The first kappa shape index (κ1) is 16.6. The minimum atomic E-state index is -0.208. The Kier molecular flexibility index (Phi) is 5.24. The van der Waals surface area contributed by atoms with Crippen molar-refractivity contribution in [2.45, 2.75) is 51.7 Å². The van der Waals surface area contributed by atoms with Gasteiger partial charge in [-0.05, 0) is 32.7 Å². The zero-order chi connectivity index (χ0) is 16.9. The van der Waals surface area contributed by atoms with Gasteiger partial charge in [0.2, 0.25) is 0 Å². The van der Waals surface area contributed by atoms with E-state index >= 15 is 0 Å². The number of hydrogen-bond acceptors (Lipinski definition) is 5. The van der Waals surface area contributed by atoms with Crippen molar-refractivity contribution in [1.29, 1.82) is 0 Å². The predicted octanol–water partition coefficient (Wildman–Crippen LogP) is 0.782. The Balaban J connectivity index is 1.48. The molecule has 8 nitrogen and oxygen atoms in total. The van der Waals surface area contributed by atoms with Gasteiger partial charge in [0.25, 0.3) is 5.91 Å². The maximum Gasteiger partial charge on any atom is 0.273 e. The first-order valence-electron chi connectivity index (χ1n) is 8.52. The Bertz CT molecular complexity index is 684. The van der Waals surface area contributed by atoms with Crippen LogP contribution in [0, 0.1) is 6.92 Å². The van der Waals surface area contributed by atoms with E-state index in [1.807, 2.05) is 20.2 Å². The van der Waals surface area contributed by atoms with Gasteiger partial charge in [0, 0.05) is 37.9 Å². The fraction of sp³-hybridized carbons (Fsp3) is 0.625. The molecule has 3 heterocycles. The summed E-state index contributed by atoms with van der Waals surface area (Å²) >= 11 is 0. The van der Waals surface area contributed by atoms with Crippen LogP contribution in [0.3, 0.4) is 0 Å². The molecule has 8 heteroatoms. The zero-order valence-corrected chi connectivity index (χ0v) is 14.3. The number of aromatic nitrogens is 5. The Morgan fingerprint density at radius 1 is 1.42 bits per heavy atom. The van der Waals surface area contributed by atoms with E-state index in [2.05, 4.69) is 26.0 Å². The molecule has 3 rings (SSSR count). The van der Waals surface area contributed by atoms with Crippen molar-refractivity contribution in [1.82, 2.24) is 35.4 Å². The molecule has 2 aromatic heterocycles. The Labute approximate surface area is 141 Å². The van der Waals surface area contributed by atoms with E-state index in [0.29, 0.717) is 18.3 Å². The van der Waals surface area contributed by atoms with E-state index < -0.39 is 0 Å². The number of nitrogens with one attached hydrogen (secondary N) is 2. The number of hydrogen-bond donors (Lipinski definition) is 2. The molecule has 0 aliphatic carbocycles. The standard InChI is InChI=1S/C16H25N7O/c1-12-13(10-22(2)20-12)9-18-16(24)15-11-23(21-19-15)8-6-14-5-3-4-7-17-14/h10-11,14,17H,3-9H2,1-2H3,(H,18,24)/t14-/m1/s1. The average Bonchev–Trinajstić information content (AvgIpc) is 3.18. The maximum atomic E-state index is 12.2. The number of nitrogens with zero attached hydrogens (tertiary/aromatic N) is 5. The summed E-state index contributed by atoms with van der Waals surface area (Å²) < 4.78 is 3.49. The number of carbonyl (C=O) groups is 1. The fourth-order valence-electron chi connectivity index (χ4n) is 3.06. The number of aryl methyl sites for hydroxylation is 3. The van der Waals surface area contributed by atoms with Gasteiger partial charge in [-0.3, -0.25) is 14.2 Å². The molecule has 0 bridgehead atoms. The molecule has 2 N–H and O–H groups in total. The van der Waals surface area contributed by atoms with Crippen LogP contribution in [0.4, 0.5) is 0 Å². The molecule has 1 amide bonds. The Morgan fingerprint density at radius 2 is 2.29 bits per heavy atom. The molecule has 0 aromatic carbocycles. The van der Waals surface area contributed by atoms with Crippen molar-refractivity contribution in [3.05, 3.63) is 29.3 Å². The summed E-state index contributed by atoms with van der Waals surface area (Å²) in [5.41, 5.74) is 2.27. The molecule has 0 spiro atoms. The van der Waals surface area contributed by atoms with Gasteiger partial charge in [-0.15, -0.1) is 5.10 Å². The molecule has 1 atom stereocenters. The minimum Gasteiger partial charge on any atom is -0.346 e. The first-order chi connectivity index (χ1) is 11.6. The molecule has 130 valence electrons. The van der Waals surface area contributed by atoms with E-state index in [1.54, 1.807) is 15.6 Å². The van der Waals surface area contributed by atoms with Gasteiger partial charge < -0.3 is 10.6 Å². The van der Waals surface area contributed by atoms with Crippen LogP contribution in [0.1, 0.15) is 47.4 Å². The molecule has 0 unspecified atom stereocenters. The highest BCUT2D eigenvalue weighted by atomic mass is 16.2. The number of amides is 1. The summed E-state index contributed by atoms with van der Waals surface area (Å²) in [5, 5.41) is 18.7. The van der Waals surface area contributed by atoms with Crippen LogP contribution >= 0.6 is 0 Å². The van der Waals surface area contributed by atoms with Crippen molar-refractivity contribution in [3.63, 3.8) is 0 Å². The third-order valence-electron chi connectivity index (χ3n) is 4.44. The lowest BCUT2D eigenvalue weighted by Gasteiger charge is -2.23. The second-order valence-electron chi connectivity index (χ2n) is 6.40. The lowest BCUT2D eigenvalue weighted by molar-refractivity contribution is 0.0946. The van der Waals surface area contributed by atoms with Crippen molar-refractivity contribution in [3.8, 4) is 0 Å². The molecule has 24 heavy (non-hydrogen) atoms. The van der Waals surface area contributed by atoms with E-state index in [4.69, 9.17) is 0 Å². The quantitative estimate of drug-likeness (QED) is 0.816. The van der Waals surface area contributed by atoms with Crippen LogP contribution in [0.5, 0.6) is 0 Å². The van der Waals surface area contributed by atoms with Gasteiger partial charge in [0.1, 0.15) is 0 Å². The highest BCUT2D eigenvalue weighted by molar-refractivity contribution is 5.91. The molecule has 0 radical (unpaired) electrons. The summed E-state index contributed by atoms with van der Waals surface area (Å²) in [5.74, 6) is -0.208. The smallest absolute Gasteiger partial charge is 0.273 e. The van der Waals surface area contributed by atoms with Gasteiger partial charge in [-0.25, -0.2) is 0 Å². The van der Waals surface area contributed by atoms with Crippen LogP contribution < -0.4 is 10.6 Å². The number of rotatable bonds is 6. The van der Waals surface area contributed by atoms with E-state index in [0.717, 1.165) is 30.8 Å². The topological polar surface area (TPSA) is 89.7 Å². The molecule has 1 aliphatic heterocycles. The predicted molar refractivity (Wildman–Crippen MR) is 89.4 cm³/mol. The van der Waals surface area contributed by atoms with Crippen molar-refractivity contribution < 1.29 is 4.79 Å². The number of piperidine rings is 1. The SMILES string of the molecule is Cc1nn(C)cc1CNC(=O)c1cn(CC[C@H]2CCCCN2)nn1.